The van der Waals surface area contributed by atoms with Gasteiger partial charge in [-0.3, -0.25) is 9.10 Å². The summed E-state index contributed by atoms with van der Waals surface area (Å²) in [5, 5.41) is 0. The third kappa shape index (κ3) is 5.73. The molecule has 0 atom stereocenters. The van der Waals surface area contributed by atoms with Crippen LogP contribution in [-0.4, -0.2) is 58.2 Å². The molecule has 29 heavy (non-hydrogen) atoms. The smallest absolute Gasteiger partial charge is 0.232 e. The molecule has 2 aromatic carbocycles. The van der Waals surface area contributed by atoms with Crippen LogP contribution in [0.25, 0.3) is 0 Å². The summed E-state index contributed by atoms with van der Waals surface area (Å²) in [6, 6.07) is 17.6. The predicted octanol–water partition coefficient (Wildman–Crippen LogP) is 2.89. The Labute approximate surface area is 173 Å². The summed E-state index contributed by atoms with van der Waals surface area (Å²) in [6.45, 7) is 5.26. The van der Waals surface area contributed by atoms with E-state index in [1.54, 1.807) is 6.07 Å². The highest BCUT2D eigenvalue weighted by molar-refractivity contribution is 7.92. The molecule has 1 saturated heterocycles. The van der Waals surface area contributed by atoms with Gasteiger partial charge in [0.1, 0.15) is 0 Å². The first kappa shape index (κ1) is 21.2. The number of hydrogen-bond donors (Lipinski definition) is 0. The zero-order chi connectivity index (χ0) is 20.9. The number of benzene rings is 2. The number of carbonyl (C=O) groups excluding carboxylic acids is 1. The molecule has 6 nitrogen and oxygen atoms in total. The van der Waals surface area contributed by atoms with Crippen LogP contribution in [0.1, 0.15) is 18.4 Å². The topological polar surface area (TPSA) is 60.9 Å². The number of hydrogen-bond acceptors (Lipinski definition) is 4. The van der Waals surface area contributed by atoms with E-state index >= 15 is 0 Å². The van der Waals surface area contributed by atoms with E-state index in [2.05, 4.69) is 17.0 Å². The van der Waals surface area contributed by atoms with E-state index in [4.69, 9.17) is 0 Å². The van der Waals surface area contributed by atoms with Crippen molar-refractivity contribution >= 4 is 27.3 Å². The number of sulfonamides is 1. The normalized spacial score (nSPS) is 14.7. The molecule has 0 bridgehead atoms. The van der Waals surface area contributed by atoms with Gasteiger partial charge in [-0.05, 0) is 43.2 Å². The molecule has 0 N–H and O–H groups in total. The van der Waals surface area contributed by atoms with Gasteiger partial charge in [-0.2, -0.15) is 0 Å². The Morgan fingerprint density at radius 3 is 2.31 bits per heavy atom. The summed E-state index contributed by atoms with van der Waals surface area (Å²) in [6.07, 6.45) is 2.06. The van der Waals surface area contributed by atoms with Gasteiger partial charge < -0.3 is 9.80 Å². The van der Waals surface area contributed by atoms with Crippen molar-refractivity contribution in [2.75, 3.05) is 48.2 Å². The lowest BCUT2D eigenvalue weighted by Crippen LogP contribution is -2.48. The molecule has 156 valence electrons. The van der Waals surface area contributed by atoms with Crippen molar-refractivity contribution in [3.8, 4) is 0 Å². The molecule has 3 rings (SSSR count). The van der Waals surface area contributed by atoms with Crippen molar-refractivity contribution in [2.45, 2.75) is 19.8 Å². The van der Waals surface area contributed by atoms with Crippen molar-refractivity contribution in [1.82, 2.24) is 4.90 Å². The minimum absolute atomic E-state index is 0.0930. The minimum Gasteiger partial charge on any atom is -0.368 e. The van der Waals surface area contributed by atoms with Gasteiger partial charge in [0.25, 0.3) is 0 Å². The largest absolute Gasteiger partial charge is 0.368 e. The molecule has 0 radical (unpaired) electrons. The van der Waals surface area contributed by atoms with Gasteiger partial charge in [0.2, 0.25) is 15.9 Å². The molecule has 1 fully saturated rings. The van der Waals surface area contributed by atoms with E-state index in [1.807, 2.05) is 48.2 Å². The zero-order valence-electron chi connectivity index (χ0n) is 17.1. The maximum absolute atomic E-state index is 12.6. The molecule has 0 spiro atoms. The monoisotopic (exact) mass is 415 g/mol. The number of nitrogens with zero attached hydrogens (tertiary/aromatic N) is 3. The number of amides is 1. The number of carbonyl (C=O) groups is 1. The Balaban J connectivity index is 1.51. The second-order valence-corrected chi connectivity index (χ2v) is 9.39. The maximum Gasteiger partial charge on any atom is 0.232 e. The van der Waals surface area contributed by atoms with Crippen LogP contribution in [0.4, 0.5) is 11.4 Å². The molecule has 2 aromatic rings. The van der Waals surface area contributed by atoms with E-state index in [-0.39, 0.29) is 5.91 Å². The van der Waals surface area contributed by atoms with Crippen LogP contribution in [0.2, 0.25) is 0 Å². The standard InChI is InChI=1S/C22H29N3O3S/c1-19-8-6-11-21(18-19)25(29(2,27)28)13-7-12-22(26)24-16-14-23(15-17-24)20-9-4-3-5-10-20/h3-6,8-11,18H,7,12-17H2,1-2H3. The van der Waals surface area contributed by atoms with Gasteiger partial charge in [-0.25, -0.2) is 8.42 Å². The van der Waals surface area contributed by atoms with Gasteiger partial charge in [0, 0.05) is 44.8 Å². The summed E-state index contributed by atoms with van der Waals surface area (Å²) < 4.78 is 25.8. The second-order valence-electron chi connectivity index (χ2n) is 7.48. The lowest BCUT2D eigenvalue weighted by atomic mass is 10.2. The molecule has 0 aromatic heterocycles. The molecule has 1 amide bonds. The van der Waals surface area contributed by atoms with Crippen molar-refractivity contribution in [3.63, 3.8) is 0 Å². The average molecular weight is 416 g/mol. The molecule has 1 heterocycles. The fourth-order valence-electron chi connectivity index (χ4n) is 3.65. The zero-order valence-corrected chi connectivity index (χ0v) is 17.9. The van der Waals surface area contributed by atoms with Crippen molar-refractivity contribution in [1.29, 1.82) is 0 Å². The lowest BCUT2D eigenvalue weighted by molar-refractivity contribution is -0.131. The molecular formula is C22H29N3O3S. The van der Waals surface area contributed by atoms with Crippen LogP contribution < -0.4 is 9.21 Å². The highest BCUT2D eigenvalue weighted by atomic mass is 32.2. The van der Waals surface area contributed by atoms with Gasteiger partial charge in [-0.1, -0.05) is 30.3 Å². The van der Waals surface area contributed by atoms with Crippen LogP contribution in [0.3, 0.4) is 0 Å². The molecule has 0 saturated carbocycles. The van der Waals surface area contributed by atoms with Crippen LogP contribution in [0.15, 0.2) is 54.6 Å². The van der Waals surface area contributed by atoms with Crippen LogP contribution in [-0.2, 0) is 14.8 Å². The fourth-order valence-corrected chi connectivity index (χ4v) is 4.61. The highest BCUT2D eigenvalue weighted by Crippen LogP contribution is 2.20. The molecule has 7 heteroatoms. The van der Waals surface area contributed by atoms with E-state index in [0.29, 0.717) is 38.2 Å². The Kier molecular flexibility index (Phi) is 6.79. The summed E-state index contributed by atoms with van der Waals surface area (Å²) in [5.74, 6) is 0.0930. The van der Waals surface area contributed by atoms with E-state index < -0.39 is 10.0 Å². The highest BCUT2D eigenvalue weighted by Gasteiger charge is 2.22. The summed E-state index contributed by atoms with van der Waals surface area (Å²) in [5.41, 5.74) is 2.83. The third-order valence-electron chi connectivity index (χ3n) is 5.20. The SMILES string of the molecule is Cc1cccc(N(CCCC(=O)N2CCN(c3ccccc3)CC2)S(C)(=O)=O)c1. The van der Waals surface area contributed by atoms with Crippen LogP contribution >= 0.6 is 0 Å². The predicted molar refractivity (Wildman–Crippen MR) is 118 cm³/mol. The maximum atomic E-state index is 12.6. The Hall–Kier alpha value is -2.54. The summed E-state index contributed by atoms with van der Waals surface area (Å²) >= 11 is 0. The van der Waals surface area contributed by atoms with Gasteiger partial charge in [-0.15, -0.1) is 0 Å². The number of piperazine rings is 1. The first-order valence-electron chi connectivity index (χ1n) is 9.97. The lowest BCUT2D eigenvalue weighted by Gasteiger charge is -2.36. The molecule has 1 aliphatic rings. The van der Waals surface area contributed by atoms with E-state index in [0.717, 1.165) is 18.7 Å². The van der Waals surface area contributed by atoms with Crippen molar-refractivity contribution in [2.24, 2.45) is 0 Å². The van der Waals surface area contributed by atoms with Crippen LogP contribution in [0, 0.1) is 6.92 Å². The average Bonchev–Trinajstić information content (AvgIpc) is 2.71. The minimum atomic E-state index is -3.39. The summed E-state index contributed by atoms with van der Waals surface area (Å²) in [4.78, 5) is 16.8. The molecule has 0 aliphatic carbocycles. The number of rotatable bonds is 7. The van der Waals surface area contributed by atoms with Gasteiger partial charge in [0.05, 0.1) is 11.9 Å². The first-order valence-corrected chi connectivity index (χ1v) is 11.8. The van der Waals surface area contributed by atoms with Crippen molar-refractivity contribution in [3.05, 3.63) is 60.2 Å². The van der Waals surface area contributed by atoms with Gasteiger partial charge in [0.15, 0.2) is 0 Å². The second kappa shape index (κ2) is 9.31. The quantitative estimate of drug-likeness (QED) is 0.698. The Morgan fingerprint density at radius 2 is 1.69 bits per heavy atom. The molecule has 0 unspecified atom stereocenters. The molecular weight excluding hydrogens is 386 g/mol. The third-order valence-corrected chi connectivity index (χ3v) is 6.39. The summed E-state index contributed by atoms with van der Waals surface area (Å²) in [7, 11) is -3.39. The number of anilines is 2. The van der Waals surface area contributed by atoms with E-state index in [1.165, 1.54) is 16.2 Å². The molecule has 1 aliphatic heterocycles. The first-order chi connectivity index (χ1) is 13.8. The number of para-hydroxylation sites is 1. The Bertz CT molecular complexity index is 923. The van der Waals surface area contributed by atoms with Gasteiger partial charge >= 0.3 is 0 Å². The van der Waals surface area contributed by atoms with Crippen LogP contribution in [0.5, 0.6) is 0 Å². The van der Waals surface area contributed by atoms with E-state index in [9.17, 15) is 13.2 Å². The fraction of sp³-hybridized carbons (Fsp3) is 0.409. The number of aryl methyl sites for hydroxylation is 1. The Morgan fingerprint density at radius 1 is 1.00 bits per heavy atom. The van der Waals surface area contributed by atoms with Crippen molar-refractivity contribution < 1.29 is 13.2 Å².